The van der Waals surface area contributed by atoms with Crippen molar-refractivity contribution in [2.75, 3.05) is 0 Å². The first-order valence-corrected chi connectivity index (χ1v) is 7.63. The third-order valence-corrected chi connectivity index (χ3v) is 3.98. The highest BCUT2D eigenvalue weighted by atomic mass is 35.5. The van der Waals surface area contributed by atoms with Crippen molar-refractivity contribution in [1.29, 1.82) is 0 Å². The van der Waals surface area contributed by atoms with Gasteiger partial charge in [-0.3, -0.25) is 4.79 Å². The average Bonchev–Trinajstić information content (AvgIpc) is 2.84. The predicted molar refractivity (Wildman–Crippen MR) is 77.8 cm³/mol. The Morgan fingerprint density at radius 1 is 1.42 bits per heavy atom. The standard InChI is InChI=1S/C13H16ClN3OS/c1-10-6-13(18)17(15-8-10)5-3-2-4-12-16-11(7-14)9-19-12/h6,8-9H,2-5,7H2,1H3. The zero-order valence-corrected chi connectivity index (χ0v) is 12.4. The van der Waals surface area contributed by atoms with Crippen molar-refractivity contribution in [3.8, 4) is 0 Å². The van der Waals surface area contributed by atoms with Gasteiger partial charge >= 0.3 is 0 Å². The smallest absolute Gasteiger partial charge is 0.266 e. The lowest BCUT2D eigenvalue weighted by molar-refractivity contribution is 0.530. The Bertz CT molecular complexity index is 594. The number of rotatable bonds is 6. The summed E-state index contributed by atoms with van der Waals surface area (Å²) in [5.74, 6) is 0.471. The molecule has 0 fully saturated rings. The Labute approximate surface area is 121 Å². The molecule has 0 bridgehead atoms. The second-order valence-corrected chi connectivity index (χ2v) is 5.63. The Hall–Kier alpha value is -1.20. The summed E-state index contributed by atoms with van der Waals surface area (Å²) in [4.78, 5) is 16.0. The first-order valence-electron chi connectivity index (χ1n) is 6.22. The van der Waals surface area contributed by atoms with Crippen molar-refractivity contribution in [1.82, 2.24) is 14.8 Å². The fourth-order valence-electron chi connectivity index (χ4n) is 1.76. The van der Waals surface area contributed by atoms with Gasteiger partial charge in [0.15, 0.2) is 0 Å². The molecule has 19 heavy (non-hydrogen) atoms. The van der Waals surface area contributed by atoms with E-state index in [0.29, 0.717) is 12.4 Å². The Morgan fingerprint density at radius 3 is 2.95 bits per heavy atom. The third-order valence-electron chi connectivity index (χ3n) is 2.75. The molecule has 0 aromatic carbocycles. The van der Waals surface area contributed by atoms with Crippen LogP contribution in [0.25, 0.3) is 0 Å². The van der Waals surface area contributed by atoms with Gasteiger partial charge in [-0.2, -0.15) is 5.10 Å². The summed E-state index contributed by atoms with van der Waals surface area (Å²) in [7, 11) is 0. The topological polar surface area (TPSA) is 47.8 Å². The number of unbranched alkanes of at least 4 members (excludes halogenated alkanes) is 1. The van der Waals surface area contributed by atoms with Crippen molar-refractivity contribution in [2.45, 2.75) is 38.6 Å². The number of nitrogens with zero attached hydrogens (tertiary/aromatic N) is 3. The number of hydrogen-bond donors (Lipinski definition) is 0. The number of aromatic nitrogens is 3. The van der Waals surface area contributed by atoms with E-state index in [1.807, 2.05) is 12.3 Å². The molecule has 0 saturated heterocycles. The zero-order valence-electron chi connectivity index (χ0n) is 10.8. The van der Waals surface area contributed by atoms with Crippen LogP contribution in [0.4, 0.5) is 0 Å². The fourth-order valence-corrected chi connectivity index (χ4v) is 2.82. The van der Waals surface area contributed by atoms with Gasteiger partial charge in [-0.15, -0.1) is 22.9 Å². The summed E-state index contributed by atoms with van der Waals surface area (Å²) in [6, 6.07) is 1.61. The fraction of sp³-hybridized carbons (Fsp3) is 0.462. The van der Waals surface area contributed by atoms with E-state index in [1.54, 1.807) is 23.6 Å². The number of thiazole rings is 1. The molecular weight excluding hydrogens is 282 g/mol. The molecule has 0 saturated carbocycles. The molecule has 0 radical (unpaired) electrons. The Morgan fingerprint density at radius 2 is 2.26 bits per heavy atom. The summed E-state index contributed by atoms with van der Waals surface area (Å²) >= 11 is 7.36. The van der Waals surface area contributed by atoms with E-state index < -0.39 is 0 Å². The minimum absolute atomic E-state index is 0.0290. The second kappa shape index (κ2) is 6.82. The maximum atomic E-state index is 11.6. The summed E-state index contributed by atoms with van der Waals surface area (Å²) in [5.41, 5.74) is 1.81. The minimum Gasteiger partial charge on any atom is -0.268 e. The molecule has 0 N–H and O–H groups in total. The molecule has 0 aliphatic carbocycles. The molecule has 0 spiro atoms. The van der Waals surface area contributed by atoms with Gasteiger partial charge in [0, 0.05) is 18.0 Å². The first-order chi connectivity index (χ1) is 9.19. The van der Waals surface area contributed by atoms with E-state index in [2.05, 4.69) is 10.1 Å². The van der Waals surface area contributed by atoms with Gasteiger partial charge in [0.05, 0.1) is 22.8 Å². The van der Waals surface area contributed by atoms with Crippen molar-refractivity contribution < 1.29 is 0 Å². The van der Waals surface area contributed by atoms with Gasteiger partial charge < -0.3 is 0 Å². The largest absolute Gasteiger partial charge is 0.268 e. The van der Waals surface area contributed by atoms with Crippen LogP contribution in [0.5, 0.6) is 0 Å². The Balaban J connectivity index is 1.79. The second-order valence-electron chi connectivity index (χ2n) is 4.42. The molecule has 6 heteroatoms. The lowest BCUT2D eigenvalue weighted by Crippen LogP contribution is -2.22. The van der Waals surface area contributed by atoms with Crippen molar-refractivity contribution in [3.05, 3.63) is 44.3 Å². The Kier molecular flexibility index (Phi) is 5.10. The van der Waals surface area contributed by atoms with Crippen LogP contribution in [-0.4, -0.2) is 14.8 Å². The maximum absolute atomic E-state index is 11.6. The molecule has 102 valence electrons. The first kappa shape index (κ1) is 14.2. The molecule has 0 aliphatic rings. The summed E-state index contributed by atoms with van der Waals surface area (Å²) in [6.07, 6.45) is 4.57. The van der Waals surface area contributed by atoms with Crippen LogP contribution < -0.4 is 5.56 Å². The SMILES string of the molecule is Cc1cnn(CCCCc2nc(CCl)cs2)c(=O)c1. The molecule has 2 rings (SSSR count). The van der Waals surface area contributed by atoms with Crippen molar-refractivity contribution >= 4 is 22.9 Å². The van der Waals surface area contributed by atoms with Gasteiger partial charge in [-0.1, -0.05) is 0 Å². The number of alkyl halides is 1. The molecule has 2 aromatic rings. The van der Waals surface area contributed by atoms with E-state index in [0.717, 1.165) is 35.5 Å². The van der Waals surface area contributed by atoms with Crippen LogP contribution in [0, 0.1) is 6.92 Å². The molecule has 0 amide bonds. The normalized spacial score (nSPS) is 10.8. The van der Waals surface area contributed by atoms with E-state index in [4.69, 9.17) is 11.6 Å². The molecule has 4 nitrogen and oxygen atoms in total. The van der Waals surface area contributed by atoms with Crippen LogP contribution in [-0.2, 0) is 18.8 Å². The molecule has 2 aromatic heterocycles. The van der Waals surface area contributed by atoms with Gasteiger partial charge in [-0.05, 0) is 31.7 Å². The quantitative estimate of drug-likeness (QED) is 0.608. The average molecular weight is 298 g/mol. The predicted octanol–water partition coefficient (Wildman–Crippen LogP) is 2.77. The summed E-state index contributed by atoms with van der Waals surface area (Å²) < 4.78 is 1.51. The van der Waals surface area contributed by atoms with E-state index in [9.17, 15) is 4.79 Å². The highest BCUT2D eigenvalue weighted by Gasteiger charge is 2.02. The molecule has 0 aliphatic heterocycles. The molecule has 0 unspecified atom stereocenters. The summed E-state index contributed by atoms with van der Waals surface area (Å²) in [5, 5.41) is 7.22. The summed E-state index contributed by atoms with van der Waals surface area (Å²) in [6.45, 7) is 2.53. The molecule has 2 heterocycles. The molecule has 0 atom stereocenters. The number of aryl methyl sites for hydroxylation is 3. The van der Waals surface area contributed by atoms with Crippen LogP contribution in [0.2, 0.25) is 0 Å². The third kappa shape index (κ3) is 4.14. The van der Waals surface area contributed by atoms with Crippen LogP contribution >= 0.6 is 22.9 Å². The van der Waals surface area contributed by atoms with E-state index in [-0.39, 0.29) is 5.56 Å². The van der Waals surface area contributed by atoms with Crippen LogP contribution in [0.3, 0.4) is 0 Å². The van der Waals surface area contributed by atoms with Crippen molar-refractivity contribution in [3.63, 3.8) is 0 Å². The van der Waals surface area contributed by atoms with Gasteiger partial charge in [0.2, 0.25) is 0 Å². The van der Waals surface area contributed by atoms with E-state index >= 15 is 0 Å². The van der Waals surface area contributed by atoms with Crippen molar-refractivity contribution in [2.24, 2.45) is 0 Å². The van der Waals surface area contributed by atoms with Crippen LogP contribution in [0.1, 0.15) is 29.1 Å². The van der Waals surface area contributed by atoms with Gasteiger partial charge in [0.1, 0.15) is 0 Å². The molecular formula is C13H16ClN3OS. The number of hydrogen-bond acceptors (Lipinski definition) is 4. The monoisotopic (exact) mass is 297 g/mol. The minimum atomic E-state index is -0.0290. The van der Waals surface area contributed by atoms with Gasteiger partial charge in [0.25, 0.3) is 5.56 Å². The van der Waals surface area contributed by atoms with E-state index in [1.165, 1.54) is 4.68 Å². The maximum Gasteiger partial charge on any atom is 0.266 e. The lowest BCUT2D eigenvalue weighted by atomic mass is 10.2. The lowest BCUT2D eigenvalue weighted by Gasteiger charge is -2.03. The highest BCUT2D eigenvalue weighted by Crippen LogP contribution is 2.14. The number of halogens is 1. The highest BCUT2D eigenvalue weighted by molar-refractivity contribution is 7.09. The van der Waals surface area contributed by atoms with Gasteiger partial charge in [-0.25, -0.2) is 9.67 Å². The zero-order chi connectivity index (χ0) is 13.7. The van der Waals surface area contributed by atoms with Crippen LogP contribution in [0.15, 0.2) is 22.4 Å².